The van der Waals surface area contributed by atoms with E-state index in [1.807, 2.05) is 0 Å². The van der Waals surface area contributed by atoms with Crippen LogP contribution in [0, 0.1) is 0 Å². The predicted octanol–water partition coefficient (Wildman–Crippen LogP) is 2.50. The van der Waals surface area contributed by atoms with E-state index in [-0.39, 0.29) is 24.0 Å². The van der Waals surface area contributed by atoms with E-state index >= 15 is 0 Å². The average molecular weight is 357 g/mol. The first-order chi connectivity index (χ1) is 11.4. The van der Waals surface area contributed by atoms with Crippen molar-refractivity contribution in [2.24, 2.45) is 0 Å². The summed E-state index contributed by atoms with van der Waals surface area (Å²) >= 11 is 0. The fourth-order valence-corrected chi connectivity index (χ4v) is 3.18. The van der Waals surface area contributed by atoms with Gasteiger partial charge in [-0.15, -0.1) is 0 Å². The molecular weight excluding hydrogens is 344 g/mol. The summed E-state index contributed by atoms with van der Waals surface area (Å²) in [7, 11) is -3.88. The number of alkyl halides is 2. The van der Waals surface area contributed by atoms with Crippen LogP contribution in [0.4, 0.5) is 8.78 Å². The smallest absolute Gasteiger partial charge is 0.387 e. The molecule has 1 N–H and O–H groups in total. The minimum Gasteiger partial charge on any atom is -0.454 e. The largest absolute Gasteiger partial charge is 0.454 e. The number of benzene rings is 2. The predicted molar refractivity (Wildman–Crippen MR) is 79.7 cm³/mol. The maximum absolute atomic E-state index is 12.3. The van der Waals surface area contributed by atoms with E-state index in [1.165, 1.54) is 18.2 Å². The molecule has 0 radical (unpaired) electrons. The van der Waals surface area contributed by atoms with Crippen LogP contribution in [-0.4, -0.2) is 21.8 Å². The third kappa shape index (κ3) is 3.74. The van der Waals surface area contributed by atoms with Gasteiger partial charge >= 0.3 is 6.61 Å². The lowest BCUT2D eigenvalue weighted by Crippen LogP contribution is -2.23. The summed E-state index contributed by atoms with van der Waals surface area (Å²) in [6.45, 7) is -2.88. The number of fused-ring (bicyclic) bond motifs is 1. The van der Waals surface area contributed by atoms with E-state index in [4.69, 9.17) is 9.47 Å². The summed E-state index contributed by atoms with van der Waals surface area (Å²) in [5.41, 5.74) is 0.669. The number of hydrogen-bond donors (Lipinski definition) is 1. The maximum atomic E-state index is 12.3. The van der Waals surface area contributed by atoms with Crippen LogP contribution in [0.15, 0.2) is 47.4 Å². The van der Waals surface area contributed by atoms with Gasteiger partial charge in [0.2, 0.25) is 16.8 Å². The highest BCUT2D eigenvalue weighted by atomic mass is 32.2. The zero-order valence-corrected chi connectivity index (χ0v) is 13.1. The molecule has 0 saturated heterocycles. The van der Waals surface area contributed by atoms with Crippen molar-refractivity contribution in [3.63, 3.8) is 0 Å². The first-order valence-corrected chi connectivity index (χ1v) is 8.35. The molecule has 9 heteroatoms. The Morgan fingerprint density at radius 2 is 1.92 bits per heavy atom. The van der Waals surface area contributed by atoms with Gasteiger partial charge in [-0.25, -0.2) is 13.1 Å². The van der Waals surface area contributed by atoms with Crippen molar-refractivity contribution < 1.29 is 31.4 Å². The Morgan fingerprint density at radius 3 is 2.71 bits per heavy atom. The van der Waals surface area contributed by atoms with Gasteiger partial charge in [0.15, 0.2) is 11.5 Å². The molecule has 0 spiro atoms. The van der Waals surface area contributed by atoms with E-state index in [1.54, 1.807) is 18.2 Å². The molecule has 0 fully saturated rings. The number of halogens is 2. The monoisotopic (exact) mass is 357 g/mol. The number of sulfonamides is 1. The minimum absolute atomic E-state index is 0.0128. The molecule has 24 heavy (non-hydrogen) atoms. The van der Waals surface area contributed by atoms with Gasteiger partial charge < -0.3 is 14.2 Å². The molecule has 2 aromatic carbocycles. The molecule has 6 nitrogen and oxygen atoms in total. The second kappa shape index (κ2) is 6.62. The van der Waals surface area contributed by atoms with Crippen LogP contribution in [0.25, 0.3) is 0 Å². The Kier molecular flexibility index (Phi) is 4.54. The van der Waals surface area contributed by atoms with Crippen molar-refractivity contribution in [2.75, 3.05) is 6.79 Å². The Hall–Kier alpha value is -2.39. The second-order valence-corrected chi connectivity index (χ2v) is 6.63. The summed E-state index contributed by atoms with van der Waals surface area (Å²) in [6.07, 6.45) is 0. The SMILES string of the molecule is O=S(=O)(NCc1ccc2c(c1)OCO2)c1cccc(OC(F)F)c1. The third-order valence-electron chi connectivity index (χ3n) is 3.24. The summed E-state index contributed by atoms with van der Waals surface area (Å²) in [5, 5.41) is 0. The van der Waals surface area contributed by atoms with Gasteiger partial charge in [-0.3, -0.25) is 0 Å². The van der Waals surface area contributed by atoms with Crippen LogP contribution in [0.1, 0.15) is 5.56 Å². The van der Waals surface area contributed by atoms with Gasteiger partial charge in [-0.2, -0.15) is 8.78 Å². The van der Waals surface area contributed by atoms with Crippen molar-refractivity contribution in [3.05, 3.63) is 48.0 Å². The quantitative estimate of drug-likeness (QED) is 0.860. The maximum Gasteiger partial charge on any atom is 0.387 e. The van der Waals surface area contributed by atoms with Crippen LogP contribution in [0.2, 0.25) is 0 Å². The molecule has 3 rings (SSSR count). The van der Waals surface area contributed by atoms with Crippen LogP contribution in [0.5, 0.6) is 17.2 Å². The van der Waals surface area contributed by atoms with Crippen LogP contribution < -0.4 is 18.9 Å². The molecule has 0 atom stereocenters. The van der Waals surface area contributed by atoms with Gasteiger partial charge in [0, 0.05) is 12.6 Å². The van der Waals surface area contributed by atoms with E-state index in [0.29, 0.717) is 17.1 Å². The summed E-state index contributed by atoms with van der Waals surface area (Å²) in [4.78, 5) is -0.165. The zero-order chi connectivity index (χ0) is 17.2. The fraction of sp³-hybridized carbons (Fsp3) is 0.200. The van der Waals surface area contributed by atoms with Gasteiger partial charge in [0.05, 0.1) is 4.90 Å². The lowest BCUT2D eigenvalue weighted by molar-refractivity contribution is -0.0499. The van der Waals surface area contributed by atoms with E-state index in [2.05, 4.69) is 9.46 Å². The van der Waals surface area contributed by atoms with Crippen molar-refractivity contribution in [3.8, 4) is 17.2 Å². The highest BCUT2D eigenvalue weighted by Crippen LogP contribution is 2.32. The van der Waals surface area contributed by atoms with Crippen LogP contribution >= 0.6 is 0 Å². The van der Waals surface area contributed by atoms with E-state index < -0.39 is 16.6 Å². The number of ether oxygens (including phenoxy) is 3. The number of nitrogens with one attached hydrogen (secondary N) is 1. The molecule has 128 valence electrons. The van der Waals surface area contributed by atoms with Crippen molar-refractivity contribution in [1.29, 1.82) is 0 Å². The Bertz CT molecular complexity index is 842. The third-order valence-corrected chi connectivity index (χ3v) is 4.64. The van der Waals surface area contributed by atoms with Crippen LogP contribution in [-0.2, 0) is 16.6 Å². The minimum atomic E-state index is -3.88. The zero-order valence-electron chi connectivity index (χ0n) is 12.2. The molecule has 0 aromatic heterocycles. The molecule has 1 aliphatic rings. The molecule has 0 bridgehead atoms. The fourth-order valence-electron chi connectivity index (χ4n) is 2.13. The van der Waals surface area contributed by atoms with E-state index in [9.17, 15) is 17.2 Å². The Morgan fingerprint density at radius 1 is 1.12 bits per heavy atom. The molecule has 1 heterocycles. The summed E-state index contributed by atoms with van der Waals surface area (Å²) in [6, 6.07) is 9.96. The summed E-state index contributed by atoms with van der Waals surface area (Å²) in [5.74, 6) is 0.911. The first-order valence-electron chi connectivity index (χ1n) is 6.87. The second-order valence-electron chi connectivity index (χ2n) is 4.87. The van der Waals surface area contributed by atoms with E-state index in [0.717, 1.165) is 6.07 Å². The Labute approximate surface area is 137 Å². The molecule has 0 amide bonds. The average Bonchev–Trinajstić information content (AvgIpc) is 3.00. The molecule has 2 aromatic rings. The molecule has 0 saturated carbocycles. The molecule has 0 unspecified atom stereocenters. The van der Waals surface area contributed by atoms with Gasteiger partial charge in [-0.05, 0) is 29.8 Å². The van der Waals surface area contributed by atoms with Gasteiger partial charge in [0.25, 0.3) is 0 Å². The van der Waals surface area contributed by atoms with Crippen molar-refractivity contribution in [1.82, 2.24) is 4.72 Å². The number of hydrogen-bond acceptors (Lipinski definition) is 5. The Balaban J connectivity index is 1.72. The summed E-state index contributed by atoms with van der Waals surface area (Å²) < 4.78 is 66.0. The lowest BCUT2D eigenvalue weighted by atomic mass is 10.2. The van der Waals surface area contributed by atoms with Gasteiger partial charge in [-0.1, -0.05) is 12.1 Å². The van der Waals surface area contributed by atoms with Crippen molar-refractivity contribution in [2.45, 2.75) is 18.1 Å². The highest BCUT2D eigenvalue weighted by molar-refractivity contribution is 7.89. The van der Waals surface area contributed by atoms with Crippen molar-refractivity contribution >= 4 is 10.0 Å². The molecular formula is C15H13F2NO5S. The molecule has 1 aliphatic heterocycles. The first kappa shape index (κ1) is 16.5. The normalized spacial score (nSPS) is 13.3. The highest BCUT2D eigenvalue weighted by Gasteiger charge is 2.17. The topological polar surface area (TPSA) is 73.9 Å². The molecule has 0 aliphatic carbocycles. The van der Waals surface area contributed by atoms with Crippen LogP contribution in [0.3, 0.4) is 0 Å². The lowest BCUT2D eigenvalue weighted by Gasteiger charge is -2.09. The van der Waals surface area contributed by atoms with Gasteiger partial charge in [0.1, 0.15) is 5.75 Å². The number of rotatable bonds is 6. The standard InChI is InChI=1S/C15H13F2NO5S/c16-15(17)23-11-2-1-3-12(7-11)24(19,20)18-8-10-4-5-13-14(6-10)22-9-21-13/h1-7,15,18H,8-9H2.